The van der Waals surface area contributed by atoms with Crippen molar-refractivity contribution in [2.45, 2.75) is 23.8 Å². The van der Waals surface area contributed by atoms with Gasteiger partial charge in [-0.3, -0.25) is 14.4 Å². The number of fused-ring (bicyclic) bond motifs is 3. The van der Waals surface area contributed by atoms with Crippen molar-refractivity contribution >= 4 is 34.2 Å². The first-order valence-electron chi connectivity index (χ1n) is 14.0. The molecule has 0 aromatic heterocycles. The number of benzene rings is 3. The molecule has 4 aliphatic rings. The lowest BCUT2D eigenvalue weighted by atomic mass is 9.77. The maximum absolute atomic E-state index is 14.7. The van der Waals surface area contributed by atoms with Crippen molar-refractivity contribution in [3.05, 3.63) is 103 Å². The number of nitrogens with zero attached hydrogens (tertiary/aromatic N) is 3. The van der Waals surface area contributed by atoms with Crippen LogP contribution < -0.4 is 4.90 Å². The summed E-state index contributed by atoms with van der Waals surface area (Å²) in [6, 6.07) is 21.1. The summed E-state index contributed by atoms with van der Waals surface area (Å²) in [5.74, 6) is -2.55. The van der Waals surface area contributed by atoms with Gasteiger partial charge in [-0.05, 0) is 28.5 Å². The quantitative estimate of drug-likeness (QED) is 0.506. The van der Waals surface area contributed by atoms with Crippen LogP contribution in [0.25, 0.3) is 10.8 Å². The first-order chi connectivity index (χ1) is 19.9. The van der Waals surface area contributed by atoms with Gasteiger partial charge in [0.25, 0.3) is 5.91 Å². The minimum absolute atomic E-state index is 0.187. The van der Waals surface area contributed by atoms with Crippen molar-refractivity contribution in [3.63, 3.8) is 0 Å². The summed E-state index contributed by atoms with van der Waals surface area (Å²) in [6.45, 7) is 0.315. The van der Waals surface area contributed by atoms with E-state index in [1.165, 1.54) is 4.90 Å². The maximum atomic E-state index is 14.7. The number of hydrogen-bond donors (Lipinski definition) is 1. The lowest BCUT2D eigenvalue weighted by Crippen LogP contribution is -2.56. The average Bonchev–Trinajstić information content (AvgIpc) is 3.32. The molecule has 4 aliphatic heterocycles. The average molecular weight is 550 g/mol. The van der Waals surface area contributed by atoms with Crippen LogP contribution in [0.15, 0.2) is 97.1 Å². The Balaban J connectivity index is 1.39. The van der Waals surface area contributed by atoms with E-state index in [-0.39, 0.29) is 30.9 Å². The number of rotatable bonds is 4. The Bertz CT molecular complexity index is 1600. The van der Waals surface area contributed by atoms with Gasteiger partial charge in [-0.1, -0.05) is 85.0 Å². The van der Waals surface area contributed by atoms with Crippen LogP contribution >= 0.6 is 0 Å². The van der Waals surface area contributed by atoms with Crippen LogP contribution in [0, 0.1) is 11.8 Å². The molecule has 6 atom stereocenters. The number of carbonyl (C=O) groups excluding carboxylic acids is 3. The molecule has 0 saturated carbocycles. The van der Waals surface area contributed by atoms with Gasteiger partial charge in [0.15, 0.2) is 0 Å². The zero-order valence-electron chi connectivity index (χ0n) is 22.7. The number of amides is 3. The van der Waals surface area contributed by atoms with Crippen LogP contribution in [-0.2, 0) is 19.1 Å². The van der Waals surface area contributed by atoms with E-state index >= 15 is 0 Å². The molecule has 1 N–H and O–H groups in total. The molecule has 0 radical (unpaired) electrons. The predicted molar refractivity (Wildman–Crippen MR) is 154 cm³/mol. The lowest BCUT2D eigenvalue weighted by Gasteiger charge is -2.38. The van der Waals surface area contributed by atoms with Gasteiger partial charge in [-0.15, -0.1) is 0 Å². The zero-order valence-corrected chi connectivity index (χ0v) is 22.7. The monoisotopic (exact) mass is 549 g/mol. The van der Waals surface area contributed by atoms with E-state index in [4.69, 9.17) is 4.74 Å². The van der Waals surface area contributed by atoms with E-state index in [1.807, 2.05) is 97.1 Å². The second-order valence-electron chi connectivity index (χ2n) is 11.2. The maximum Gasteiger partial charge on any atom is 0.253 e. The number of carbonyl (C=O) groups is 3. The topological polar surface area (TPSA) is 90.4 Å². The molecule has 7 rings (SSSR count). The fourth-order valence-corrected chi connectivity index (χ4v) is 7.14. The molecular weight excluding hydrogens is 518 g/mol. The van der Waals surface area contributed by atoms with E-state index in [1.54, 1.807) is 16.8 Å². The van der Waals surface area contributed by atoms with Crippen molar-refractivity contribution in [1.82, 2.24) is 9.80 Å². The van der Waals surface area contributed by atoms with Crippen molar-refractivity contribution in [2.75, 3.05) is 31.6 Å². The molecule has 3 amide bonds. The highest BCUT2D eigenvalue weighted by Crippen LogP contribution is 2.55. The van der Waals surface area contributed by atoms with Crippen molar-refractivity contribution in [2.24, 2.45) is 11.8 Å². The molecule has 4 heterocycles. The van der Waals surface area contributed by atoms with Gasteiger partial charge in [0.05, 0.1) is 30.6 Å². The van der Waals surface area contributed by atoms with Crippen LogP contribution in [0.5, 0.6) is 0 Å². The fraction of sp³-hybridized carbons (Fsp3) is 0.303. The zero-order chi connectivity index (χ0) is 28.3. The number of hydrogen-bond acceptors (Lipinski definition) is 5. The highest BCUT2D eigenvalue weighted by atomic mass is 16.5. The van der Waals surface area contributed by atoms with Gasteiger partial charge >= 0.3 is 0 Å². The standard InChI is InChI=1S/C33H31N3O5/c1-34-17-7-13-26-27(30(34)38)28-31(39)36(25(20-37)22-10-3-2-4-11-22)29-32(40)35(18-8-16-33(28,29)41-26)24-15-14-21-9-5-6-12-23(21)19-24/h2-16,19,25-29,37H,17-18,20H2,1H3/t25-,26-,27+,28+,29?,33+/m1/s1. The van der Waals surface area contributed by atoms with Gasteiger partial charge < -0.3 is 24.5 Å². The van der Waals surface area contributed by atoms with Gasteiger partial charge in [-0.2, -0.15) is 0 Å². The Morgan fingerprint density at radius 2 is 1.66 bits per heavy atom. The number of ether oxygens (including phenoxy) is 1. The highest BCUT2D eigenvalue weighted by molar-refractivity contribution is 6.06. The molecule has 0 aliphatic carbocycles. The van der Waals surface area contributed by atoms with Crippen molar-refractivity contribution in [3.8, 4) is 0 Å². The first-order valence-corrected chi connectivity index (χ1v) is 14.0. The Morgan fingerprint density at radius 3 is 2.44 bits per heavy atom. The summed E-state index contributed by atoms with van der Waals surface area (Å²) >= 11 is 0. The largest absolute Gasteiger partial charge is 0.394 e. The van der Waals surface area contributed by atoms with Gasteiger partial charge in [-0.25, -0.2) is 0 Å². The summed E-state index contributed by atoms with van der Waals surface area (Å²) in [6.07, 6.45) is 6.78. The third-order valence-corrected chi connectivity index (χ3v) is 9.04. The minimum atomic E-state index is -1.37. The molecule has 2 saturated heterocycles. The van der Waals surface area contributed by atoms with Crippen LogP contribution in [0.1, 0.15) is 11.6 Å². The number of anilines is 1. The van der Waals surface area contributed by atoms with Crippen LogP contribution in [0.4, 0.5) is 5.69 Å². The molecular formula is C33H31N3O5. The lowest BCUT2D eigenvalue weighted by molar-refractivity contribution is -0.146. The number of aliphatic hydroxyl groups is 1. The van der Waals surface area contributed by atoms with Crippen LogP contribution in [0.3, 0.4) is 0 Å². The molecule has 1 spiro atoms. The summed E-state index contributed by atoms with van der Waals surface area (Å²) in [7, 11) is 1.71. The van der Waals surface area contributed by atoms with Gasteiger partial charge in [0, 0.05) is 25.8 Å². The fourth-order valence-electron chi connectivity index (χ4n) is 7.14. The van der Waals surface area contributed by atoms with E-state index in [9.17, 15) is 19.5 Å². The predicted octanol–water partition coefficient (Wildman–Crippen LogP) is 3.09. The Hall–Kier alpha value is -4.27. The van der Waals surface area contributed by atoms with Crippen molar-refractivity contribution < 1.29 is 24.2 Å². The normalized spacial score (nSPS) is 29.8. The molecule has 2 fully saturated rings. The highest BCUT2D eigenvalue weighted by Gasteiger charge is 2.72. The molecule has 8 nitrogen and oxygen atoms in total. The summed E-state index contributed by atoms with van der Waals surface area (Å²) < 4.78 is 6.70. The summed E-state index contributed by atoms with van der Waals surface area (Å²) in [5.41, 5.74) is 0.0436. The molecule has 0 bridgehead atoms. The molecule has 3 aromatic carbocycles. The van der Waals surface area contributed by atoms with Gasteiger partial charge in [0.1, 0.15) is 11.6 Å². The second-order valence-corrected chi connectivity index (χ2v) is 11.2. The molecule has 1 unspecified atom stereocenters. The van der Waals surface area contributed by atoms with E-state index in [0.29, 0.717) is 17.8 Å². The van der Waals surface area contributed by atoms with Gasteiger partial charge in [0.2, 0.25) is 11.8 Å². The Morgan fingerprint density at radius 1 is 0.902 bits per heavy atom. The summed E-state index contributed by atoms with van der Waals surface area (Å²) in [4.78, 5) is 47.7. The molecule has 208 valence electrons. The molecule has 3 aromatic rings. The first kappa shape index (κ1) is 25.7. The molecule has 8 heteroatoms. The number of likely N-dealkylation sites (N-methyl/N-ethyl adjacent to an activating group) is 1. The number of likely N-dealkylation sites (tertiary alicyclic amines) is 1. The minimum Gasteiger partial charge on any atom is -0.394 e. The van der Waals surface area contributed by atoms with Crippen LogP contribution in [-0.4, -0.2) is 77.1 Å². The summed E-state index contributed by atoms with van der Waals surface area (Å²) in [5, 5.41) is 12.7. The molecule has 41 heavy (non-hydrogen) atoms. The van der Waals surface area contributed by atoms with E-state index < -0.39 is 35.6 Å². The van der Waals surface area contributed by atoms with Crippen LogP contribution in [0.2, 0.25) is 0 Å². The SMILES string of the molecule is CN1CC=C[C@H]2O[C@]34C=CCN(c5ccc6ccccc6c5)C(=O)C3N([C@H](CO)c3ccccc3)C(=O)[C@@H]4[C@H]2C1=O. The smallest absolute Gasteiger partial charge is 0.253 e. The van der Waals surface area contributed by atoms with E-state index in [2.05, 4.69) is 0 Å². The van der Waals surface area contributed by atoms with Crippen molar-refractivity contribution in [1.29, 1.82) is 0 Å². The number of aliphatic hydroxyl groups excluding tert-OH is 1. The third-order valence-electron chi connectivity index (χ3n) is 9.04. The van der Waals surface area contributed by atoms with E-state index in [0.717, 1.165) is 10.8 Å². The second kappa shape index (κ2) is 9.68. The third kappa shape index (κ3) is 3.78. The Labute approximate surface area is 238 Å². The Kier molecular flexibility index (Phi) is 6.06.